The van der Waals surface area contributed by atoms with Gasteiger partial charge in [0.2, 0.25) is 5.91 Å². The van der Waals surface area contributed by atoms with Crippen molar-refractivity contribution in [3.05, 3.63) is 49.0 Å². The van der Waals surface area contributed by atoms with E-state index in [1.165, 1.54) is 0 Å². The Morgan fingerprint density at radius 2 is 1.88 bits per heavy atom. The number of methoxy groups -OCH3 is 1. The number of amides is 1. The number of carbonyl (C=O) groups excluding carboxylic acids is 1. The van der Waals surface area contributed by atoms with Crippen LogP contribution in [0.5, 0.6) is 0 Å². The number of aromatic nitrogens is 4. The lowest BCUT2D eigenvalue weighted by Crippen LogP contribution is -2.37. The van der Waals surface area contributed by atoms with Crippen LogP contribution in [-0.4, -0.2) is 50.8 Å². The van der Waals surface area contributed by atoms with Crippen LogP contribution in [0.4, 0.5) is 0 Å². The van der Waals surface area contributed by atoms with Crippen LogP contribution in [0.1, 0.15) is 28.2 Å². The van der Waals surface area contributed by atoms with E-state index in [-0.39, 0.29) is 17.9 Å². The fourth-order valence-electron chi connectivity index (χ4n) is 2.83. The van der Waals surface area contributed by atoms with Crippen molar-refractivity contribution in [2.45, 2.75) is 33.7 Å². The number of aromatic amines is 2. The molecule has 0 fully saturated rings. The van der Waals surface area contributed by atoms with Crippen molar-refractivity contribution >= 4 is 5.91 Å². The summed E-state index contributed by atoms with van der Waals surface area (Å²) in [6.07, 6.45) is -0.0972. The number of ether oxygens (including phenoxy) is 1. The zero-order valence-corrected chi connectivity index (χ0v) is 15.8. The second kappa shape index (κ2) is 8.13. The summed E-state index contributed by atoms with van der Waals surface area (Å²) in [5.41, 5.74) is 2.35. The highest BCUT2D eigenvalue weighted by atomic mass is 16.5. The Morgan fingerprint density at radius 3 is 2.42 bits per heavy atom. The molecular weight excluding hydrogens is 338 g/mol. The van der Waals surface area contributed by atoms with Gasteiger partial charge in [-0.25, -0.2) is 4.79 Å². The number of nitrogens with zero attached hydrogens (tertiary/aromatic N) is 3. The molecule has 0 aliphatic heterocycles. The first-order valence-electron chi connectivity index (χ1n) is 8.32. The molecule has 2 aromatic heterocycles. The molecule has 2 heterocycles. The predicted octanol–water partition coefficient (Wildman–Crippen LogP) is -0.0603. The summed E-state index contributed by atoms with van der Waals surface area (Å²) in [7, 11) is 3.43. The fourth-order valence-corrected chi connectivity index (χ4v) is 2.83. The molecule has 0 atom stereocenters. The lowest BCUT2D eigenvalue weighted by Gasteiger charge is -2.23. The van der Waals surface area contributed by atoms with Gasteiger partial charge in [0.25, 0.3) is 5.56 Å². The zero-order chi connectivity index (χ0) is 19.4. The minimum Gasteiger partial charge on any atom is -0.383 e. The van der Waals surface area contributed by atoms with Gasteiger partial charge in [-0.2, -0.15) is 5.10 Å². The van der Waals surface area contributed by atoms with Crippen LogP contribution in [-0.2, 0) is 29.5 Å². The largest absolute Gasteiger partial charge is 0.383 e. The Kier molecular flexibility index (Phi) is 6.14. The highest BCUT2D eigenvalue weighted by molar-refractivity contribution is 5.79. The highest BCUT2D eigenvalue weighted by Gasteiger charge is 2.21. The van der Waals surface area contributed by atoms with Crippen molar-refractivity contribution in [3.8, 4) is 0 Å². The van der Waals surface area contributed by atoms with Gasteiger partial charge < -0.3 is 14.6 Å². The van der Waals surface area contributed by atoms with E-state index in [2.05, 4.69) is 15.1 Å². The van der Waals surface area contributed by atoms with E-state index in [0.717, 1.165) is 17.0 Å². The molecule has 0 unspecified atom stereocenters. The molecule has 142 valence electrons. The molecule has 9 heteroatoms. The van der Waals surface area contributed by atoms with E-state index in [1.54, 1.807) is 23.6 Å². The van der Waals surface area contributed by atoms with Gasteiger partial charge >= 0.3 is 5.69 Å². The third-order valence-corrected chi connectivity index (χ3v) is 4.51. The number of hydrogen-bond acceptors (Lipinski definition) is 5. The van der Waals surface area contributed by atoms with Crippen LogP contribution in [0, 0.1) is 20.8 Å². The van der Waals surface area contributed by atoms with Gasteiger partial charge in [-0.15, -0.1) is 0 Å². The minimum absolute atomic E-state index is 0.0972. The summed E-state index contributed by atoms with van der Waals surface area (Å²) in [4.78, 5) is 42.5. The zero-order valence-electron chi connectivity index (χ0n) is 15.8. The maximum absolute atomic E-state index is 12.8. The Morgan fingerprint density at radius 1 is 1.19 bits per heavy atom. The molecule has 0 radical (unpaired) electrons. The molecule has 1 amide bonds. The average Bonchev–Trinajstić information content (AvgIpc) is 2.80. The van der Waals surface area contributed by atoms with E-state index in [0.29, 0.717) is 25.4 Å². The third-order valence-electron chi connectivity index (χ3n) is 4.51. The van der Waals surface area contributed by atoms with E-state index in [1.807, 2.05) is 20.9 Å². The third kappa shape index (κ3) is 4.29. The molecule has 0 saturated carbocycles. The van der Waals surface area contributed by atoms with Crippen molar-refractivity contribution in [1.29, 1.82) is 0 Å². The lowest BCUT2D eigenvalue weighted by atomic mass is 10.1. The van der Waals surface area contributed by atoms with Gasteiger partial charge in [0.1, 0.15) is 0 Å². The second-order valence-electron chi connectivity index (χ2n) is 6.27. The molecule has 2 N–H and O–H groups in total. The molecule has 9 nitrogen and oxygen atoms in total. The van der Waals surface area contributed by atoms with E-state index in [4.69, 9.17) is 4.74 Å². The van der Waals surface area contributed by atoms with Gasteiger partial charge in [-0.05, 0) is 20.8 Å². The van der Waals surface area contributed by atoms with E-state index < -0.39 is 11.2 Å². The number of aryl methyl sites for hydroxylation is 3. The molecule has 2 rings (SSSR count). The Hall–Kier alpha value is -2.68. The number of hydrogen-bond donors (Lipinski definition) is 2. The molecule has 26 heavy (non-hydrogen) atoms. The first-order chi connectivity index (χ1) is 12.2. The first kappa shape index (κ1) is 19.6. The maximum atomic E-state index is 12.8. The minimum atomic E-state index is -0.582. The van der Waals surface area contributed by atoms with Gasteiger partial charge in [0.05, 0.1) is 18.7 Å². The maximum Gasteiger partial charge on any atom is 0.325 e. The van der Waals surface area contributed by atoms with Gasteiger partial charge in [0.15, 0.2) is 0 Å². The second-order valence-corrected chi connectivity index (χ2v) is 6.27. The molecule has 2 aromatic rings. The molecule has 0 spiro atoms. The smallest absolute Gasteiger partial charge is 0.325 e. The number of H-pyrrole nitrogens is 2. The summed E-state index contributed by atoms with van der Waals surface area (Å²) in [6.45, 7) is 6.61. The van der Waals surface area contributed by atoms with Crippen LogP contribution in [0.25, 0.3) is 0 Å². The molecule has 0 aromatic carbocycles. The van der Waals surface area contributed by atoms with Crippen molar-refractivity contribution in [2.75, 3.05) is 20.3 Å². The lowest BCUT2D eigenvalue weighted by molar-refractivity contribution is -0.131. The Labute approximate surface area is 151 Å². The molecule has 0 aliphatic carbocycles. The van der Waals surface area contributed by atoms with Crippen molar-refractivity contribution in [1.82, 2.24) is 24.6 Å². The predicted molar refractivity (Wildman–Crippen MR) is 96.1 cm³/mol. The summed E-state index contributed by atoms with van der Waals surface area (Å²) in [5, 5.41) is 4.38. The summed E-state index contributed by atoms with van der Waals surface area (Å²) >= 11 is 0. The van der Waals surface area contributed by atoms with Crippen molar-refractivity contribution in [3.63, 3.8) is 0 Å². The summed E-state index contributed by atoms with van der Waals surface area (Å²) in [6, 6.07) is 0. The van der Waals surface area contributed by atoms with E-state index in [9.17, 15) is 14.4 Å². The van der Waals surface area contributed by atoms with E-state index >= 15 is 0 Å². The number of rotatable bonds is 7. The Balaban J connectivity index is 2.27. The van der Waals surface area contributed by atoms with Crippen LogP contribution in [0.2, 0.25) is 0 Å². The normalized spacial score (nSPS) is 11.0. The van der Waals surface area contributed by atoms with Crippen LogP contribution in [0.15, 0.2) is 9.59 Å². The quantitative estimate of drug-likeness (QED) is 0.715. The SMILES string of the molecule is COCCN(Cc1c(C)nn(C)c1C)C(=O)Cc1c(C)[nH]c(=O)[nH]c1=O. The summed E-state index contributed by atoms with van der Waals surface area (Å²) in [5.74, 6) is -0.217. The molecule has 0 saturated heterocycles. The van der Waals surface area contributed by atoms with Crippen LogP contribution >= 0.6 is 0 Å². The number of carbonyl (C=O) groups is 1. The van der Waals surface area contributed by atoms with Crippen molar-refractivity contribution in [2.24, 2.45) is 7.05 Å². The topological polar surface area (TPSA) is 113 Å². The Bertz CT molecular complexity index is 909. The van der Waals surface area contributed by atoms with Crippen LogP contribution in [0.3, 0.4) is 0 Å². The molecule has 0 bridgehead atoms. The molecular formula is C17H25N5O4. The first-order valence-corrected chi connectivity index (χ1v) is 8.32. The highest BCUT2D eigenvalue weighted by Crippen LogP contribution is 2.15. The summed E-state index contributed by atoms with van der Waals surface area (Å²) < 4.78 is 6.89. The standard InChI is InChI=1S/C17H25N5O4/c1-10-13(16(24)19-17(25)18-10)8-15(23)22(6-7-26-5)9-14-11(2)20-21(4)12(14)3/h6-9H2,1-5H3,(H2,18,19,24,25). The van der Waals surface area contributed by atoms with Gasteiger partial charge in [-0.3, -0.25) is 19.3 Å². The average molecular weight is 363 g/mol. The van der Waals surface area contributed by atoms with Crippen molar-refractivity contribution < 1.29 is 9.53 Å². The van der Waals surface area contributed by atoms with Gasteiger partial charge in [0, 0.05) is 49.8 Å². The van der Waals surface area contributed by atoms with Crippen LogP contribution < -0.4 is 11.2 Å². The molecule has 0 aliphatic rings. The number of nitrogens with one attached hydrogen (secondary N) is 2. The van der Waals surface area contributed by atoms with Gasteiger partial charge in [-0.1, -0.05) is 0 Å². The monoisotopic (exact) mass is 363 g/mol. The fraction of sp³-hybridized carbons (Fsp3) is 0.529.